The zero-order valence-electron chi connectivity index (χ0n) is 8.74. The maximum atomic E-state index is 11.0. The van der Waals surface area contributed by atoms with E-state index < -0.39 is 11.9 Å². The Morgan fingerprint density at radius 3 is 2.65 bits per heavy atom. The van der Waals surface area contributed by atoms with Gasteiger partial charge in [0, 0.05) is 5.02 Å². The molecular weight excluding hydrogens is 246 g/mol. The lowest BCUT2D eigenvalue weighted by atomic mass is 10.1. The van der Waals surface area contributed by atoms with Gasteiger partial charge < -0.3 is 16.2 Å². The first-order chi connectivity index (χ1) is 7.91. The number of benzene rings is 1. The number of hydrogen-bond donors (Lipinski definition) is 4. The molecule has 90 valence electrons. The molecule has 0 aromatic heterocycles. The van der Waals surface area contributed by atoms with Crippen LogP contribution in [-0.4, -0.2) is 29.2 Å². The largest absolute Gasteiger partial charge is 0.480 e. The summed E-state index contributed by atoms with van der Waals surface area (Å²) in [6.07, 6.45) is 0. The van der Waals surface area contributed by atoms with Crippen molar-refractivity contribution in [1.82, 2.24) is 0 Å². The first kappa shape index (κ1) is 13.0. The van der Waals surface area contributed by atoms with Crippen molar-refractivity contribution in [3.63, 3.8) is 0 Å². The molecule has 17 heavy (non-hydrogen) atoms. The number of primary amides is 1. The van der Waals surface area contributed by atoms with Gasteiger partial charge in [0.15, 0.2) is 0 Å². The summed E-state index contributed by atoms with van der Waals surface area (Å²) >= 11 is 5.76. The van der Waals surface area contributed by atoms with Crippen molar-refractivity contribution < 1.29 is 20.1 Å². The van der Waals surface area contributed by atoms with Gasteiger partial charge in [-0.1, -0.05) is 11.6 Å². The maximum absolute atomic E-state index is 11.0. The third kappa shape index (κ3) is 3.46. The Labute approximate surface area is 102 Å². The predicted molar refractivity (Wildman–Crippen MR) is 62.8 cm³/mol. The van der Waals surface area contributed by atoms with Crippen LogP contribution in [0.2, 0.25) is 5.02 Å². The third-order valence-electron chi connectivity index (χ3n) is 1.97. The summed E-state index contributed by atoms with van der Waals surface area (Å²) in [6, 6.07) is 4.49. The van der Waals surface area contributed by atoms with Gasteiger partial charge in [0.05, 0.1) is 11.3 Å². The number of carboxylic acid groups (broad SMARTS) is 1. The van der Waals surface area contributed by atoms with Gasteiger partial charge >= 0.3 is 11.9 Å². The van der Waals surface area contributed by atoms with E-state index in [4.69, 9.17) is 27.9 Å². The van der Waals surface area contributed by atoms with Crippen molar-refractivity contribution in [2.45, 2.75) is 0 Å². The number of carboxylic acids is 1. The van der Waals surface area contributed by atoms with Crippen LogP contribution in [0.1, 0.15) is 5.56 Å². The summed E-state index contributed by atoms with van der Waals surface area (Å²) in [4.78, 5) is 21.4. The van der Waals surface area contributed by atoms with Gasteiger partial charge in [-0.05, 0) is 18.2 Å². The van der Waals surface area contributed by atoms with Crippen molar-refractivity contribution >= 4 is 34.9 Å². The fraction of sp³-hybridized carbons (Fsp3) is 0.100. The van der Waals surface area contributed by atoms with Crippen LogP contribution in [0.5, 0.6) is 0 Å². The van der Waals surface area contributed by atoms with E-state index in [9.17, 15) is 9.59 Å². The van der Waals surface area contributed by atoms with Crippen molar-refractivity contribution in [1.29, 1.82) is 0 Å². The van der Waals surface area contributed by atoms with Crippen LogP contribution in [-0.2, 0) is 9.59 Å². The second-order valence-corrected chi connectivity index (χ2v) is 3.65. The second-order valence-electron chi connectivity index (χ2n) is 3.22. The molecule has 0 spiro atoms. The van der Waals surface area contributed by atoms with E-state index in [0.717, 1.165) is 0 Å². The van der Waals surface area contributed by atoms with Crippen molar-refractivity contribution in [3.05, 3.63) is 28.8 Å². The van der Waals surface area contributed by atoms with Crippen molar-refractivity contribution in [3.8, 4) is 0 Å². The van der Waals surface area contributed by atoms with Crippen LogP contribution in [0.3, 0.4) is 0 Å². The third-order valence-corrected chi connectivity index (χ3v) is 2.20. The molecule has 0 aliphatic rings. The second kappa shape index (κ2) is 5.31. The average molecular weight is 257 g/mol. The van der Waals surface area contributed by atoms with E-state index in [0.29, 0.717) is 16.3 Å². The average Bonchev–Trinajstić information content (AvgIpc) is 2.25. The molecule has 1 amide bonds. The molecule has 1 aromatic rings. The van der Waals surface area contributed by atoms with Crippen molar-refractivity contribution in [2.24, 2.45) is 5.73 Å². The Hall–Kier alpha value is -2.08. The molecule has 0 saturated carbocycles. The Kier molecular flexibility index (Phi) is 4.06. The Morgan fingerprint density at radius 1 is 1.47 bits per heavy atom. The van der Waals surface area contributed by atoms with E-state index >= 15 is 0 Å². The van der Waals surface area contributed by atoms with Gasteiger partial charge in [-0.15, -0.1) is 0 Å². The Morgan fingerprint density at radius 2 is 2.12 bits per heavy atom. The summed E-state index contributed by atoms with van der Waals surface area (Å²) in [5, 5.41) is 17.0. The molecule has 0 unspecified atom stereocenters. The molecule has 6 nitrogen and oxygen atoms in total. The van der Waals surface area contributed by atoms with E-state index in [1.807, 2.05) is 0 Å². The number of carbonyl (C=O) groups is 2. The molecular formula is C10H11ClN3O3+. The van der Waals surface area contributed by atoms with Gasteiger partial charge in [-0.2, -0.15) is 0 Å². The lowest BCUT2D eigenvalue weighted by molar-refractivity contribution is -0.135. The smallest absolute Gasteiger partial charge is 0.322 e. The molecule has 1 aromatic carbocycles. The molecule has 0 atom stereocenters. The van der Waals surface area contributed by atoms with E-state index in [1.54, 1.807) is 0 Å². The van der Waals surface area contributed by atoms with Gasteiger partial charge in [-0.3, -0.25) is 9.59 Å². The lowest BCUT2D eigenvalue weighted by Gasteiger charge is -2.08. The number of amides is 1. The monoisotopic (exact) mass is 256 g/mol. The highest BCUT2D eigenvalue weighted by molar-refractivity contribution is 6.43. The molecule has 0 bridgehead atoms. The minimum absolute atomic E-state index is 0.158. The fourth-order valence-electron chi connectivity index (χ4n) is 1.20. The van der Waals surface area contributed by atoms with Crippen LogP contribution in [0, 0.1) is 0 Å². The highest BCUT2D eigenvalue weighted by atomic mass is 35.5. The van der Waals surface area contributed by atoms with Crippen LogP contribution >= 0.6 is 11.6 Å². The predicted octanol–water partition coefficient (Wildman–Crippen LogP) is -1.13. The Bertz CT molecular complexity index is 488. The summed E-state index contributed by atoms with van der Waals surface area (Å²) in [7, 11) is 0. The highest BCUT2D eigenvalue weighted by Gasteiger charge is 2.18. The number of anilines is 1. The fourth-order valence-corrected chi connectivity index (χ4v) is 1.37. The summed E-state index contributed by atoms with van der Waals surface area (Å²) in [6.45, 7) is -0.320. The van der Waals surface area contributed by atoms with Crippen LogP contribution < -0.4 is 16.5 Å². The van der Waals surface area contributed by atoms with Gasteiger partial charge in [0.2, 0.25) is 0 Å². The van der Waals surface area contributed by atoms with E-state index in [2.05, 4.69) is 5.32 Å². The minimum atomic E-state index is -1.05. The molecule has 1 rings (SSSR count). The van der Waals surface area contributed by atoms with Gasteiger partial charge in [-0.25, -0.2) is 5.41 Å². The molecule has 0 aliphatic carbocycles. The SMILES string of the molecule is NC(=O)C(=[NH2+])c1ccc(Cl)cc1NCC(=O)O. The van der Waals surface area contributed by atoms with Crippen LogP contribution in [0.4, 0.5) is 5.69 Å². The number of nitrogens with two attached hydrogens (primary N) is 2. The number of rotatable bonds is 5. The van der Waals surface area contributed by atoms with E-state index in [1.165, 1.54) is 18.2 Å². The van der Waals surface area contributed by atoms with Crippen LogP contribution in [0.15, 0.2) is 18.2 Å². The van der Waals surface area contributed by atoms with Crippen LogP contribution in [0.25, 0.3) is 0 Å². The highest BCUT2D eigenvalue weighted by Crippen LogP contribution is 2.20. The first-order valence-corrected chi connectivity index (χ1v) is 4.97. The zero-order chi connectivity index (χ0) is 13.0. The summed E-state index contributed by atoms with van der Waals surface area (Å²) in [5.41, 5.74) is 5.56. The van der Waals surface area contributed by atoms with Gasteiger partial charge in [0.1, 0.15) is 6.54 Å². The molecule has 0 aliphatic heterocycles. The number of aliphatic carboxylic acids is 1. The van der Waals surface area contributed by atoms with Crippen molar-refractivity contribution in [2.75, 3.05) is 11.9 Å². The standard InChI is InChI=1S/C10H10ClN3O3/c11-5-1-2-6(9(12)10(13)17)7(3-5)14-4-8(15)16/h1-3,12,14H,4H2,(H2,13,17)(H,15,16)/p+1. The molecule has 0 saturated heterocycles. The number of nitrogens with one attached hydrogen (secondary N) is 1. The lowest BCUT2D eigenvalue weighted by Crippen LogP contribution is -2.48. The Balaban J connectivity index is 3.07. The molecule has 6 N–H and O–H groups in total. The topological polar surface area (TPSA) is 118 Å². The minimum Gasteiger partial charge on any atom is -0.480 e. The quantitative estimate of drug-likeness (QED) is 0.499. The molecule has 0 radical (unpaired) electrons. The zero-order valence-corrected chi connectivity index (χ0v) is 9.49. The molecule has 7 heteroatoms. The summed E-state index contributed by atoms with van der Waals surface area (Å²) < 4.78 is 0. The molecule has 0 fully saturated rings. The number of halogens is 1. The first-order valence-electron chi connectivity index (χ1n) is 4.59. The summed E-state index contributed by atoms with van der Waals surface area (Å²) in [5.74, 6) is -1.83. The van der Waals surface area contributed by atoms with E-state index in [-0.39, 0.29) is 12.3 Å². The molecule has 0 heterocycles. The normalized spacial score (nSPS) is 9.71. The van der Waals surface area contributed by atoms with Gasteiger partial charge in [0.25, 0.3) is 5.71 Å². The number of hydrogen-bond acceptors (Lipinski definition) is 3. The number of carbonyl (C=O) groups excluding carboxylic acids is 1. The maximum Gasteiger partial charge on any atom is 0.322 e.